The van der Waals surface area contributed by atoms with Crippen molar-refractivity contribution in [2.45, 2.75) is 40.7 Å². The minimum Gasteiger partial charge on any atom is -0.504 e. The molecule has 0 aliphatic heterocycles. The largest absolute Gasteiger partial charge is 0.504 e. The maximum Gasteiger partial charge on any atom is 0.168 e. The number of hydrogen-bond donors (Lipinski definition) is 2. The highest BCUT2D eigenvalue weighted by atomic mass is 16.5. The van der Waals surface area contributed by atoms with E-state index in [9.17, 15) is 10.2 Å². The van der Waals surface area contributed by atoms with Gasteiger partial charge in [0.25, 0.3) is 0 Å². The van der Waals surface area contributed by atoms with Crippen LogP contribution in [-0.4, -0.2) is 37.9 Å². The number of aliphatic hydroxyl groups excluding tert-OH is 1. The zero-order valence-electron chi connectivity index (χ0n) is 20.1. The fraction of sp³-hybridized carbons (Fsp3) is 0.250. The Hall–Kier alpha value is -3.77. The number of nitrogens with zero attached hydrogens (tertiary/aromatic N) is 3. The van der Waals surface area contributed by atoms with E-state index in [1.54, 1.807) is 25.1 Å². The lowest BCUT2D eigenvalue weighted by atomic mass is 10.0. The van der Waals surface area contributed by atoms with Gasteiger partial charge in [0.2, 0.25) is 0 Å². The van der Waals surface area contributed by atoms with Crippen LogP contribution in [0.1, 0.15) is 29.2 Å². The second-order valence-corrected chi connectivity index (χ2v) is 8.76. The van der Waals surface area contributed by atoms with Crippen molar-refractivity contribution in [3.05, 3.63) is 76.9 Å². The molecular formula is C28H29N3O3. The van der Waals surface area contributed by atoms with Crippen molar-refractivity contribution >= 4 is 0 Å². The fourth-order valence-electron chi connectivity index (χ4n) is 3.90. The van der Waals surface area contributed by atoms with Crippen LogP contribution >= 0.6 is 0 Å². The van der Waals surface area contributed by atoms with Gasteiger partial charge in [0, 0.05) is 11.1 Å². The molecule has 2 N–H and O–H groups in total. The Bertz CT molecular complexity index is 1280. The van der Waals surface area contributed by atoms with Gasteiger partial charge in [-0.1, -0.05) is 53.6 Å². The van der Waals surface area contributed by atoms with Crippen molar-refractivity contribution in [2.24, 2.45) is 0 Å². The number of para-hydroxylation sites is 1. The zero-order valence-corrected chi connectivity index (χ0v) is 20.1. The Labute approximate surface area is 200 Å². The van der Waals surface area contributed by atoms with Gasteiger partial charge in [-0.25, -0.2) is 15.0 Å². The van der Waals surface area contributed by atoms with Crippen LogP contribution in [0.4, 0.5) is 0 Å². The van der Waals surface area contributed by atoms with Gasteiger partial charge >= 0.3 is 0 Å². The highest BCUT2D eigenvalue weighted by molar-refractivity contribution is 5.73. The lowest BCUT2D eigenvalue weighted by Gasteiger charge is -2.14. The van der Waals surface area contributed by atoms with Crippen LogP contribution in [0.3, 0.4) is 0 Å². The molecule has 1 aromatic heterocycles. The van der Waals surface area contributed by atoms with E-state index >= 15 is 0 Å². The Morgan fingerprint density at radius 1 is 0.735 bits per heavy atom. The van der Waals surface area contributed by atoms with E-state index in [-0.39, 0.29) is 18.1 Å². The molecule has 1 atom stereocenters. The maximum absolute atomic E-state index is 11.0. The number of hydrogen-bond acceptors (Lipinski definition) is 6. The Balaban J connectivity index is 1.92. The first kappa shape index (κ1) is 23.4. The van der Waals surface area contributed by atoms with Gasteiger partial charge in [0.1, 0.15) is 6.61 Å². The molecule has 6 heteroatoms. The Morgan fingerprint density at radius 3 is 1.71 bits per heavy atom. The monoisotopic (exact) mass is 455 g/mol. The van der Waals surface area contributed by atoms with Crippen LogP contribution in [0.15, 0.2) is 54.6 Å². The molecule has 1 unspecified atom stereocenters. The predicted octanol–water partition coefficient (Wildman–Crippen LogP) is 5.57. The summed E-state index contributed by atoms with van der Waals surface area (Å²) in [5.41, 5.74) is 6.67. The quantitative estimate of drug-likeness (QED) is 0.395. The normalized spacial score (nSPS) is 11.9. The molecular weight excluding hydrogens is 426 g/mol. The minimum absolute atomic E-state index is 0.0653. The Morgan fingerprint density at radius 2 is 1.24 bits per heavy atom. The number of aryl methyl sites for hydroxylation is 4. The third-order valence-corrected chi connectivity index (χ3v) is 5.60. The number of aromatic hydroxyl groups is 1. The molecule has 4 aromatic rings. The number of rotatable bonds is 6. The minimum atomic E-state index is -0.660. The number of aromatic nitrogens is 3. The summed E-state index contributed by atoms with van der Waals surface area (Å²) >= 11 is 0. The summed E-state index contributed by atoms with van der Waals surface area (Å²) in [7, 11) is 0. The number of ether oxygens (including phenoxy) is 1. The SMILES string of the molecule is Cc1ccc(-c2nc(-c3ccc(C)cc3C)nc(-c3cccc(OCC(C)O)c3O)n2)c(C)c1. The van der Waals surface area contributed by atoms with E-state index in [2.05, 4.69) is 12.1 Å². The topological polar surface area (TPSA) is 88.4 Å². The molecule has 6 nitrogen and oxygen atoms in total. The first-order chi connectivity index (χ1) is 16.2. The molecule has 4 rings (SSSR count). The molecule has 174 valence electrons. The summed E-state index contributed by atoms with van der Waals surface area (Å²) in [5.74, 6) is 1.60. The summed E-state index contributed by atoms with van der Waals surface area (Å²) in [6, 6.07) is 17.4. The van der Waals surface area contributed by atoms with E-state index in [4.69, 9.17) is 19.7 Å². The lowest BCUT2D eigenvalue weighted by Crippen LogP contribution is -2.12. The summed E-state index contributed by atoms with van der Waals surface area (Å²) < 4.78 is 5.58. The number of aliphatic hydroxyl groups is 1. The van der Waals surface area contributed by atoms with Gasteiger partial charge in [-0.3, -0.25) is 0 Å². The molecule has 0 aliphatic rings. The molecule has 0 saturated carbocycles. The molecule has 0 aliphatic carbocycles. The van der Waals surface area contributed by atoms with Crippen LogP contribution in [0.2, 0.25) is 0 Å². The lowest BCUT2D eigenvalue weighted by molar-refractivity contribution is 0.121. The second kappa shape index (κ2) is 9.61. The van der Waals surface area contributed by atoms with Crippen molar-refractivity contribution in [3.8, 4) is 45.7 Å². The highest BCUT2D eigenvalue weighted by Gasteiger charge is 2.18. The molecule has 0 fully saturated rings. The van der Waals surface area contributed by atoms with Crippen molar-refractivity contribution in [1.29, 1.82) is 0 Å². The number of benzene rings is 3. The van der Waals surface area contributed by atoms with E-state index < -0.39 is 6.10 Å². The van der Waals surface area contributed by atoms with Crippen LogP contribution in [0, 0.1) is 27.7 Å². The predicted molar refractivity (Wildman–Crippen MR) is 134 cm³/mol. The molecule has 34 heavy (non-hydrogen) atoms. The van der Waals surface area contributed by atoms with Crippen LogP contribution < -0.4 is 4.74 Å². The van der Waals surface area contributed by atoms with Crippen molar-refractivity contribution in [2.75, 3.05) is 6.61 Å². The van der Waals surface area contributed by atoms with Crippen molar-refractivity contribution < 1.29 is 14.9 Å². The Kier molecular flexibility index (Phi) is 6.61. The van der Waals surface area contributed by atoms with E-state index in [1.807, 2.05) is 52.0 Å². The van der Waals surface area contributed by atoms with Crippen LogP contribution in [0.5, 0.6) is 11.5 Å². The second-order valence-electron chi connectivity index (χ2n) is 8.76. The van der Waals surface area contributed by atoms with Gasteiger partial charge in [0.05, 0.1) is 11.7 Å². The van der Waals surface area contributed by atoms with Crippen LogP contribution in [-0.2, 0) is 0 Å². The van der Waals surface area contributed by atoms with E-state index in [0.29, 0.717) is 23.0 Å². The third-order valence-electron chi connectivity index (χ3n) is 5.60. The standard InChI is InChI=1S/C28H29N3O3/c1-16-9-11-21(18(3)13-16)26-29-27(22-12-10-17(2)14-19(22)4)31-28(30-26)23-7-6-8-24(25(23)33)34-15-20(5)32/h6-14,20,32-33H,15H2,1-5H3. The maximum atomic E-state index is 11.0. The first-order valence-electron chi connectivity index (χ1n) is 11.3. The molecule has 0 radical (unpaired) electrons. The molecule has 0 amide bonds. The number of phenolic OH excluding ortho intramolecular Hbond substituents is 1. The van der Waals surface area contributed by atoms with Crippen molar-refractivity contribution in [3.63, 3.8) is 0 Å². The van der Waals surface area contributed by atoms with E-state index in [1.165, 1.54) is 0 Å². The molecule has 0 saturated heterocycles. The van der Waals surface area contributed by atoms with Gasteiger partial charge in [-0.2, -0.15) is 0 Å². The third kappa shape index (κ3) is 4.92. The van der Waals surface area contributed by atoms with Gasteiger partial charge in [-0.05, 0) is 57.9 Å². The smallest absolute Gasteiger partial charge is 0.168 e. The summed E-state index contributed by atoms with van der Waals surface area (Å²) in [6.45, 7) is 9.85. The first-order valence-corrected chi connectivity index (χ1v) is 11.3. The van der Waals surface area contributed by atoms with Gasteiger partial charge < -0.3 is 14.9 Å². The molecule has 1 heterocycles. The highest BCUT2D eigenvalue weighted by Crippen LogP contribution is 2.37. The summed E-state index contributed by atoms with van der Waals surface area (Å²) in [4.78, 5) is 14.3. The average molecular weight is 456 g/mol. The zero-order chi connectivity index (χ0) is 24.4. The average Bonchev–Trinajstić information content (AvgIpc) is 2.78. The summed E-state index contributed by atoms with van der Waals surface area (Å²) in [6.07, 6.45) is -0.660. The van der Waals surface area contributed by atoms with E-state index in [0.717, 1.165) is 33.4 Å². The fourth-order valence-corrected chi connectivity index (χ4v) is 3.90. The van der Waals surface area contributed by atoms with Gasteiger partial charge in [-0.15, -0.1) is 0 Å². The molecule has 3 aromatic carbocycles. The summed E-state index contributed by atoms with van der Waals surface area (Å²) in [5, 5.41) is 20.5. The van der Waals surface area contributed by atoms with Crippen molar-refractivity contribution in [1.82, 2.24) is 15.0 Å². The molecule has 0 bridgehead atoms. The van der Waals surface area contributed by atoms with Crippen LogP contribution in [0.25, 0.3) is 34.2 Å². The molecule has 0 spiro atoms. The van der Waals surface area contributed by atoms with Gasteiger partial charge in [0.15, 0.2) is 29.0 Å². The number of phenols is 1.